The van der Waals surface area contributed by atoms with Gasteiger partial charge in [0.05, 0.1) is 26.4 Å². The van der Waals surface area contributed by atoms with Crippen LogP contribution in [0.4, 0.5) is 0 Å². The van der Waals surface area contributed by atoms with Crippen LogP contribution in [0.5, 0.6) is 0 Å². The fraction of sp³-hybridized carbons (Fsp3) is 0.953. The first-order valence-electron chi connectivity index (χ1n) is 44.5. The number of rotatable bonds is 85. The van der Waals surface area contributed by atoms with Crippen molar-refractivity contribution < 1.29 is 80.2 Å². The molecule has 0 saturated carbocycles. The first kappa shape index (κ1) is 103. The Balaban J connectivity index is 5.24. The van der Waals surface area contributed by atoms with Crippen LogP contribution in [0.25, 0.3) is 0 Å². The number of esters is 4. The number of hydrogen-bond donors (Lipinski definition) is 3. The van der Waals surface area contributed by atoms with Crippen LogP contribution < -0.4 is 0 Å². The number of aliphatic hydroxyl groups is 1. The predicted octanol–water partition coefficient (Wildman–Crippen LogP) is 26.2. The van der Waals surface area contributed by atoms with Gasteiger partial charge in [-0.2, -0.15) is 0 Å². The summed E-state index contributed by atoms with van der Waals surface area (Å²) in [6.07, 6.45) is 69.3. The lowest BCUT2D eigenvalue weighted by atomic mass is 9.99. The molecule has 0 aromatic rings. The SMILES string of the molecule is CCCCCCCCCCCCCCCCCCC(=O)OC[C@H](COP(=O)(O)OC[C@@H](O)COP(=O)(O)OC[C@@H](COC(=O)CCCCCCCCCCCC(C)C)OC(=O)CCCCCCCCCCCCCCCCC)OC(=O)CCCCCCCCCCCCCCCCCCCCC(C)CC. The molecule has 0 bridgehead atoms. The van der Waals surface area contributed by atoms with E-state index in [1.807, 2.05) is 0 Å². The summed E-state index contributed by atoms with van der Waals surface area (Å²) in [6, 6.07) is 0. The molecule has 0 aromatic heterocycles. The second kappa shape index (κ2) is 77.4. The van der Waals surface area contributed by atoms with Crippen LogP contribution in [-0.2, 0) is 65.4 Å². The Morgan fingerprint density at radius 1 is 0.276 bits per heavy atom. The van der Waals surface area contributed by atoms with Crippen molar-refractivity contribution in [1.29, 1.82) is 0 Å². The number of hydrogen-bond acceptors (Lipinski definition) is 15. The van der Waals surface area contributed by atoms with Crippen LogP contribution in [0.1, 0.15) is 459 Å². The maximum atomic E-state index is 13.1. The Hall–Kier alpha value is -1.94. The molecular weight excluding hydrogens is 1370 g/mol. The zero-order valence-electron chi connectivity index (χ0n) is 69.0. The molecule has 3 unspecified atom stereocenters. The van der Waals surface area contributed by atoms with E-state index in [-0.39, 0.29) is 25.7 Å². The summed E-state index contributed by atoms with van der Waals surface area (Å²) in [5.41, 5.74) is 0. The van der Waals surface area contributed by atoms with Gasteiger partial charge in [-0.25, -0.2) is 9.13 Å². The van der Waals surface area contributed by atoms with E-state index in [2.05, 4.69) is 41.5 Å². The van der Waals surface area contributed by atoms with Crippen LogP contribution in [0.3, 0.4) is 0 Å². The van der Waals surface area contributed by atoms with E-state index in [1.54, 1.807) is 0 Å². The maximum Gasteiger partial charge on any atom is 0.472 e. The average Bonchev–Trinajstić information content (AvgIpc) is 0.906. The van der Waals surface area contributed by atoms with E-state index in [9.17, 15) is 43.2 Å². The highest BCUT2D eigenvalue weighted by Crippen LogP contribution is 2.45. The van der Waals surface area contributed by atoms with Gasteiger partial charge in [0.2, 0.25) is 0 Å². The van der Waals surface area contributed by atoms with E-state index >= 15 is 0 Å². The van der Waals surface area contributed by atoms with Gasteiger partial charge in [0.25, 0.3) is 0 Å². The van der Waals surface area contributed by atoms with Gasteiger partial charge >= 0.3 is 39.5 Å². The van der Waals surface area contributed by atoms with Gasteiger partial charge in [-0.05, 0) is 37.5 Å². The van der Waals surface area contributed by atoms with Crippen LogP contribution in [0, 0.1) is 11.8 Å². The lowest BCUT2D eigenvalue weighted by Gasteiger charge is -2.21. The fourth-order valence-corrected chi connectivity index (χ4v) is 15.0. The third kappa shape index (κ3) is 78.5. The third-order valence-electron chi connectivity index (χ3n) is 20.6. The molecule has 624 valence electrons. The summed E-state index contributed by atoms with van der Waals surface area (Å²) in [5.74, 6) is -0.485. The lowest BCUT2D eigenvalue weighted by Crippen LogP contribution is -2.30. The monoisotopic (exact) mass is 1540 g/mol. The van der Waals surface area contributed by atoms with Gasteiger partial charge in [-0.1, -0.05) is 408 Å². The molecule has 105 heavy (non-hydrogen) atoms. The third-order valence-corrected chi connectivity index (χ3v) is 22.5. The van der Waals surface area contributed by atoms with E-state index in [4.69, 9.17) is 37.0 Å². The molecule has 19 heteroatoms. The molecule has 0 amide bonds. The van der Waals surface area contributed by atoms with E-state index < -0.39 is 97.5 Å². The molecule has 0 heterocycles. The maximum absolute atomic E-state index is 13.1. The molecule has 0 rings (SSSR count). The first-order valence-corrected chi connectivity index (χ1v) is 47.5. The van der Waals surface area contributed by atoms with Crippen molar-refractivity contribution in [3.05, 3.63) is 0 Å². The van der Waals surface area contributed by atoms with Crippen molar-refractivity contribution in [3.63, 3.8) is 0 Å². The van der Waals surface area contributed by atoms with Crippen molar-refractivity contribution in [2.45, 2.75) is 477 Å². The Bertz CT molecular complexity index is 2010. The highest BCUT2D eigenvalue weighted by atomic mass is 31.2. The minimum atomic E-state index is -4.97. The number of aliphatic hydroxyl groups excluding tert-OH is 1. The normalized spacial score (nSPS) is 14.1. The van der Waals surface area contributed by atoms with Crippen molar-refractivity contribution >= 4 is 39.5 Å². The van der Waals surface area contributed by atoms with Gasteiger partial charge in [0.1, 0.15) is 19.3 Å². The van der Waals surface area contributed by atoms with Gasteiger partial charge in [-0.3, -0.25) is 37.3 Å². The predicted molar refractivity (Wildman–Crippen MR) is 432 cm³/mol. The van der Waals surface area contributed by atoms with Gasteiger partial charge in [-0.15, -0.1) is 0 Å². The molecule has 0 aliphatic carbocycles. The van der Waals surface area contributed by atoms with Crippen molar-refractivity contribution in [2.75, 3.05) is 39.6 Å². The molecule has 0 radical (unpaired) electrons. The summed E-state index contributed by atoms with van der Waals surface area (Å²) >= 11 is 0. The summed E-state index contributed by atoms with van der Waals surface area (Å²) in [7, 11) is -9.93. The lowest BCUT2D eigenvalue weighted by molar-refractivity contribution is -0.161. The Labute approximate surface area is 645 Å². The minimum absolute atomic E-state index is 0.108. The molecule has 0 fully saturated rings. The molecule has 0 spiro atoms. The van der Waals surface area contributed by atoms with Crippen LogP contribution >= 0.6 is 15.6 Å². The van der Waals surface area contributed by atoms with Crippen LogP contribution in [0.15, 0.2) is 0 Å². The standard InChI is InChI=1S/C86H168O17P2/c1-7-10-12-14-16-18-20-22-24-31-34-38-44-50-56-62-68-83(88)96-74-81(102-86(91)71-65-59-53-46-40-36-32-28-26-25-27-30-33-37-43-49-55-61-67-79(6)9-3)76-100-104(92,93)98-72-80(87)73-99-105(94,95)101-77-82(75-97-84(89)69-63-57-51-47-41-42-48-54-60-66-78(4)5)103-85(90)70-64-58-52-45-39-35-29-23-21-19-17-15-13-11-8-2/h78-82,87H,7-77H2,1-6H3,(H,92,93)(H,94,95)/t79?,80-,81-,82-/m1/s1. The number of ether oxygens (including phenoxy) is 4. The van der Waals surface area contributed by atoms with Crippen LogP contribution in [0.2, 0.25) is 0 Å². The highest BCUT2D eigenvalue weighted by Gasteiger charge is 2.30. The molecule has 3 N–H and O–H groups in total. The number of carbonyl (C=O) groups excluding carboxylic acids is 4. The number of carbonyl (C=O) groups is 4. The molecule has 0 aromatic carbocycles. The smallest absolute Gasteiger partial charge is 0.462 e. The molecule has 0 aliphatic rings. The van der Waals surface area contributed by atoms with E-state index in [0.29, 0.717) is 25.7 Å². The van der Waals surface area contributed by atoms with Crippen molar-refractivity contribution in [3.8, 4) is 0 Å². The van der Waals surface area contributed by atoms with Gasteiger partial charge in [0, 0.05) is 25.7 Å². The Morgan fingerprint density at radius 2 is 0.486 bits per heavy atom. The number of unbranched alkanes of at least 4 members (excludes halogenated alkanes) is 54. The zero-order chi connectivity index (χ0) is 77.1. The van der Waals surface area contributed by atoms with Gasteiger partial charge < -0.3 is 33.8 Å². The summed E-state index contributed by atoms with van der Waals surface area (Å²) in [4.78, 5) is 73.2. The topological polar surface area (TPSA) is 237 Å². The molecule has 0 aliphatic heterocycles. The van der Waals surface area contributed by atoms with Crippen molar-refractivity contribution in [2.24, 2.45) is 11.8 Å². The van der Waals surface area contributed by atoms with Gasteiger partial charge in [0.15, 0.2) is 12.2 Å². The molecule has 0 saturated heterocycles. The molecule has 17 nitrogen and oxygen atoms in total. The van der Waals surface area contributed by atoms with E-state index in [0.717, 1.165) is 102 Å². The Morgan fingerprint density at radius 3 is 0.724 bits per heavy atom. The highest BCUT2D eigenvalue weighted by molar-refractivity contribution is 7.47. The fourth-order valence-electron chi connectivity index (χ4n) is 13.4. The van der Waals surface area contributed by atoms with Crippen LogP contribution in [-0.4, -0.2) is 96.7 Å². The quantitative estimate of drug-likeness (QED) is 0.0222. The Kier molecular flexibility index (Phi) is 76.0. The number of phosphoric ester groups is 2. The summed E-state index contributed by atoms with van der Waals surface area (Å²) < 4.78 is 68.9. The zero-order valence-corrected chi connectivity index (χ0v) is 70.8. The second-order valence-electron chi connectivity index (χ2n) is 31.6. The number of phosphoric acid groups is 2. The molecule has 6 atom stereocenters. The van der Waals surface area contributed by atoms with E-state index in [1.165, 1.54) is 276 Å². The summed E-state index contributed by atoms with van der Waals surface area (Å²) in [6.45, 7) is 9.73. The average molecular weight is 1540 g/mol. The largest absolute Gasteiger partial charge is 0.472 e. The van der Waals surface area contributed by atoms with Crippen molar-refractivity contribution in [1.82, 2.24) is 0 Å². The first-order chi connectivity index (χ1) is 50.9. The minimum Gasteiger partial charge on any atom is -0.462 e. The molecular formula is C86H168O17P2. The summed E-state index contributed by atoms with van der Waals surface area (Å²) in [5, 5.41) is 10.7. The second-order valence-corrected chi connectivity index (χ2v) is 34.6.